The highest BCUT2D eigenvalue weighted by Gasteiger charge is 2.37. The number of piperidine rings is 2. The summed E-state index contributed by atoms with van der Waals surface area (Å²) >= 11 is 0. The summed E-state index contributed by atoms with van der Waals surface area (Å²) in [5, 5.41) is 0. The Bertz CT molecular complexity index is 263. The zero-order valence-corrected chi connectivity index (χ0v) is 13.0. The molecular formula is C15H31N3O. The molecule has 2 aliphatic heterocycles. The zero-order chi connectivity index (χ0) is 14.3. The van der Waals surface area contributed by atoms with Gasteiger partial charge in [0.1, 0.15) is 0 Å². The monoisotopic (exact) mass is 269 g/mol. The Morgan fingerprint density at radius 2 is 1.42 bits per heavy atom. The van der Waals surface area contributed by atoms with Crippen LogP contribution in [0.25, 0.3) is 0 Å². The summed E-state index contributed by atoms with van der Waals surface area (Å²) in [5.41, 5.74) is 5.81. The fourth-order valence-corrected chi connectivity index (χ4v) is 3.25. The van der Waals surface area contributed by atoms with E-state index >= 15 is 0 Å². The number of nitrogens with zero attached hydrogens (tertiary/aromatic N) is 2. The minimum atomic E-state index is -0.193. The van der Waals surface area contributed by atoms with Crippen molar-refractivity contribution in [1.29, 1.82) is 0 Å². The summed E-state index contributed by atoms with van der Waals surface area (Å²) in [5.74, 6) is -0.193. The van der Waals surface area contributed by atoms with Crippen LogP contribution in [0.15, 0.2) is 0 Å². The van der Waals surface area contributed by atoms with Gasteiger partial charge in [0.15, 0.2) is 0 Å². The van der Waals surface area contributed by atoms with Crippen molar-refractivity contribution in [2.45, 2.75) is 46.5 Å². The van der Waals surface area contributed by atoms with Gasteiger partial charge in [-0.3, -0.25) is 9.69 Å². The van der Waals surface area contributed by atoms with E-state index in [4.69, 9.17) is 5.73 Å². The van der Waals surface area contributed by atoms with Crippen LogP contribution in [0, 0.1) is 5.41 Å². The van der Waals surface area contributed by atoms with Crippen molar-refractivity contribution in [3.63, 3.8) is 0 Å². The number of amides is 1. The molecule has 1 spiro atoms. The molecule has 0 bridgehead atoms. The van der Waals surface area contributed by atoms with Crippen molar-refractivity contribution < 1.29 is 4.79 Å². The molecule has 0 atom stereocenters. The van der Waals surface area contributed by atoms with E-state index in [2.05, 4.69) is 16.7 Å². The number of hydrogen-bond donors (Lipinski definition) is 1. The molecule has 0 aromatic carbocycles. The SMILES string of the molecule is CC.CCN1CCC2(CC1)CCN(CC(N)=O)CC2. The van der Waals surface area contributed by atoms with Gasteiger partial charge >= 0.3 is 0 Å². The topological polar surface area (TPSA) is 49.6 Å². The fourth-order valence-electron chi connectivity index (χ4n) is 3.25. The first kappa shape index (κ1) is 16.4. The summed E-state index contributed by atoms with van der Waals surface area (Å²) in [7, 11) is 0. The van der Waals surface area contributed by atoms with Crippen LogP contribution < -0.4 is 5.73 Å². The predicted octanol–water partition coefficient (Wildman–Crippen LogP) is 1.70. The standard InChI is InChI=1S/C13H25N3O.C2H6/c1-2-15-7-3-13(4-8-15)5-9-16(10-6-13)11-12(14)17;1-2/h2-11H2,1H3,(H2,14,17);1-2H3. The van der Waals surface area contributed by atoms with Crippen molar-refractivity contribution >= 4 is 5.91 Å². The van der Waals surface area contributed by atoms with Gasteiger partial charge in [0.25, 0.3) is 0 Å². The van der Waals surface area contributed by atoms with E-state index in [-0.39, 0.29) is 5.91 Å². The van der Waals surface area contributed by atoms with Crippen molar-refractivity contribution in [2.75, 3.05) is 39.3 Å². The molecule has 2 fully saturated rings. The van der Waals surface area contributed by atoms with Gasteiger partial charge in [-0.1, -0.05) is 20.8 Å². The molecular weight excluding hydrogens is 238 g/mol. The highest BCUT2D eigenvalue weighted by atomic mass is 16.1. The molecule has 2 saturated heterocycles. The molecule has 0 aromatic heterocycles. The second kappa shape index (κ2) is 7.85. The molecule has 0 aromatic rings. The third-order valence-electron chi connectivity index (χ3n) is 4.66. The smallest absolute Gasteiger partial charge is 0.231 e. The summed E-state index contributed by atoms with van der Waals surface area (Å²) in [6.45, 7) is 12.5. The van der Waals surface area contributed by atoms with Crippen LogP contribution >= 0.6 is 0 Å². The highest BCUT2D eigenvalue weighted by Crippen LogP contribution is 2.40. The molecule has 4 heteroatoms. The predicted molar refractivity (Wildman–Crippen MR) is 80.0 cm³/mol. The van der Waals surface area contributed by atoms with Gasteiger partial charge in [0, 0.05) is 0 Å². The first-order chi connectivity index (χ1) is 9.13. The normalized spacial score (nSPS) is 23.7. The third kappa shape index (κ3) is 4.77. The number of likely N-dealkylation sites (tertiary alicyclic amines) is 2. The fraction of sp³-hybridized carbons (Fsp3) is 0.933. The lowest BCUT2D eigenvalue weighted by atomic mass is 9.71. The van der Waals surface area contributed by atoms with E-state index in [1.54, 1.807) is 0 Å². The molecule has 0 saturated carbocycles. The van der Waals surface area contributed by atoms with Crippen LogP contribution in [-0.4, -0.2) is 55.0 Å². The Hall–Kier alpha value is -0.610. The van der Waals surface area contributed by atoms with Gasteiger partial charge in [0.2, 0.25) is 5.91 Å². The summed E-state index contributed by atoms with van der Waals surface area (Å²) in [6, 6.07) is 0. The highest BCUT2D eigenvalue weighted by molar-refractivity contribution is 5.75. The number of primary amides is 1. The van der Waals surface area contributed by atoms with Crippen LogP contribution in [0.1, 0.15) is 46.5 Å². The van der Waals surface area contributed by atoms with Crippen LogP contribution in [0.3, 0.4) is 0 Å². The Labute approximate surface area is 118 Å². The molecule has 0 unspecified atom stereocenters. The molecule has 19 heavy (non-hydrogen) atoms. The Balaban J connectivity index is 0.000000861. The molecule has 2 heterocycles. The maximum atomic E-state index is 10.9. The molecule has 0 aliphatic carbocycles. The third-order valence-corrected chi connectivity index (χ3v) is 4.66. The van der Waals surface area contributed by atoms with Crippen LogP contribution in [0.4, 0.5) is 0 Å². The van der Waals surface area contributed by atoms with Crippen LogP contribution in [-0.2, 0) is 4.79 Å². The Morgan fingerprint density at radius 1 is 1.00 bits per heavy atom. The summed E-state index contributed by atoms with van der Waals surface area (Å²) < 4.78 is 0. The maximum absolute atomic E-state index is 10.9. The number of rotatable bonds is 3. The lowest BCUT2D eigenvalue weighted by molar-refractivity contribution is -0.119. The molecule has 2 rings (SSSR count). The first-order valence-corrected chi connectivity index (χ1v) is 7.87. The van der Waals surface area contributed by atoms with Crippen LogP contribution in [0.5, 0.6) is 0 Å². The van der Waals surface area contributed by atoms with Gasteiger partial charge in [-0.25, -0.2) is 0 Å². The van der Waals surface area contributed by atoms with E-state index in [1.165, 1.54) is 45.3 Å². The van der Waals surface area contributed by atoms with Crippen molar-refractivity contribution in [2.24, 2.45) is 11.1 Å². The minimum absolute atomic E-state index is 0.193. The average molecular weight is 269 g/mol. The molecule has 0 radical (unpaired) electrons. The van der Waals surface area contributed by atoms with E-state index in [1.807, 2.05) is 13.8 Å². The molecule has 2 aliphatic rings. The van der Waals surface area contributed by atoms with Gasteiger partial charge in [-0.15, -0.1) is 0 Å². The molecule has 112 valence electrons. The summed E-state index contributed by atoms with van der Waals surface area (Å²) in [6.07, 6.45) is 5.17. The zero-order valence-electron chi connectivity index (χ0n) is 13.0. The average Bonchev–Trinajstić information content (AvgIpc) is 2.44. The number of carbonyl (C=O) groups excluding carboxylic acids is 1. The van der Waals surface area contributed by atoms with E-state index in [9.17, 15) is 4.79 Å². The van der Waals surface area contributed by atoms with Gasteiger partial charge in [-0.05, 0) is 63.8 Å². The quantitative estimate of drug-likeness (QED) is 0.848. The van der Waals surface area contributed by atoms with Crippen LogP contribution in [0.2, 0.25) is 0 Å². The Morgan fingerprint density at radius 3 is 1.79 bits per heavy atom. The Kier molecular flexibility index (Phi) is 6.80. The van der Waals surface area contributed by atoms with Crippen molar-refractivity contribution in [3.8, 4) is 0 Å². The largest absolute Gasteiger partial charge is 0.369 e. The summed E-state index contributed by atoms with van der Waals surface area (Å²) in [4.78, 5) is 15.6. The lowest BCUT2D eigenvalue weighted by Gasteiger charge is -2.46. The van der Waals surface area contributed by atoms with E-state index < -0.39 is 0 Å². The molecule has 4 nitrogen and oxygen atoms in total. The maximum Gasteiger partial charge on any atom is 0.231 e. The minimum Gasteiger partial charge on any atom is -0.369 e. The van der Waals surface area contributed by atoms with Gasteiger partial charge in [-0.2, -0.15) is 0 Å². The number of carbonyl (C=O) groups is 1. The first-order valence-electron chi connectivity index (χ1n) is 7.87. The number of nitrogens with two attached hydrogens (primary N) is 1. The van der Waals surface area contributed by atoms with E-state index in [0.29, 0.717) is 12.0 Å². The van der Waals surface area contributed by atoms with E-state index in [0.717, 1.165) is 13.1 Å². The van der Waals surface area contributed by atoms with Gasteiger partial charge < -0.3 is 10.6 Å². The second-order valence-corrected chi connectivity index (χ2v) is 5.68. The van der Waals surface area contributed by atoms with Crippen molar-refractivity contribution in [1.82, 2.24) is 9.80 Å². The molecule has 1 amide bonds. The number of hydrogen-bond acceptors (Lipinski definition) is 3. The second-order valence-electron chi connectivity index (χ2n) is 5.68. The molecule has 2 N–H and O–H groups in total. The van der Waals surface area contributed by atoms with Gasteiger partial charge in [0.05, 0.1) is 6.54 Å². The lowest BCUT2D eigenvalue weighted by Crippen LogP contribution is -2.48. The van der Waals surface area contributed by atoms with Crippen molar-refractivity contribution in [3.05, 3.63) is 0 Å².